The second-order valence-corrected chi connectivity index (χ2v) is 5.52. The second-order valence-electron chi connectivity index (χ2n) is 4.58. The summed E-state index contributed by atoms with van der Waals surface area (Å²) >= 11 is 1.53. The van der Waals surface area contributed by atoms with Crippen molar-refractivity contribution < 1.29 is 9.42 Å². The predicted molar refractivity (Wildman–Crippen MR) is 82.5 cm³/mol. The molecule has 3 rings (SSSR count). The minimum atomic E-state index is -0.491. The molecule has 0 fully saturated rings. The molecule has 0 saturated heterocycles. The molecule has 0 aliphatic rings. The van der Waals surface area contributed by atoms with E-state index >= 15 is 0 Å². The summed E-state index contributed by atoms with van der Waals surface area (Å²) in [5.41, 5.74) is 9.63. The average molecular weight is 332 g/mol. The van der Waals surface area contributed by atoms with E-state index < -0.39 is 5.91 Å². The van der Waals surface area contributed by atoms with Crippen molar-refractivity contribution >= 4 is 29.3 Å². The Bertz CT molecular complexity index is 877. The van der Waals surface area contributed by atoms with Crippen LogP contribution in [0.4, 0.5) is 5.82 Å². The van der Waals surface area contributed by atoms with E-state index in [-0.39, 0.29) is 17.3 Å². The number of aryl methyl sites for hydroxylation is 1. The van der Waals surface area contributed by atoms with E-state index in [0.717, 1.165) is 10.4 Å². The molecule has 1 amide bonds. The van der Waals surface area contributed by atoms with Gasteiger partial charge >= 0.3 is 0 Å². The van der Waals surface area contributed by atoms with Gasteiger partial charge in [0.25, 0.3) is 5.91 Å². The number of amides is 1. The molecule has 3 N–H and O–H groups in total. The monoisotopic (exact) mass is 332 g/mol. The van der Waals surface area contributed by atoms with Crippen LogP contribution >= 0.6 is 11.3 Å². The van der Waals surface area contributed by atoms with E-state index in [1.165, 1.54) is 16.0 Å². The maximum absolute atomic E-state index is 12.1. The normalized spacial score (nSPS) is 11.2. The molecule has 118 valence electrons. The molecule has 0 saturated carbocycles. The molecule has 0 atom stereocenters. The van der Waals surface area contributed by atoms with Gasteiger partial charge in [0.15, 0.2) is 5.69 Å². The van der Waals surface area contributed by atoms with Gasteiger partial charge in [-0.2, -0.15) is 9.78 Å². The predicted octanol–water partition coefficient (Wildman–Crippen LogP) is 0.675. The van der Waals surface area contributed by atoms with Crippen LogP contribution in [0.25, 0.3) is 5.82 Å². The Balaban J connectivity index is 1.76. The summed E-state index contributed by atoms with van der Waals surface area (Å²) in [6, 6.07) is 1.97. The zero-order valence-corrected chi connectivity index (χ0v) is 13.0. The molecule has 0 spiro atoms. The molecule has 0 aromatic carbocycles. The number of carbonyl (C=O) groups is 1. The highest BCUT2D eigenvalue weighted by atomic mass is 32.1. The van der Waals surface area contributed by atoms with E-state index in [2.05, 4.69) is 35.8 Å². The zero-order chi connectivity index (χ0) is 16.4. The molecule has 0 aliphatic carbocycles. The quantitative estimate of drug-likeness (QED) is 0.529. The minimum Gasteiger partial charge on any atom is -0.378 e. The Morgan fingerprint density at radius 1 is 1.48 bits per heavy atom. The van der Waals surface area contributed by atoms with E-state index in [9.17, 15) is 4.79 Å². The van der Waals surface area contributed by atoms with Crippen molar-refractivity contribution in [1.82, 2.24) is 30.7 Å². The SMILES string of the molecule is Cc1ccsc1C=NNC(=O)c1nnn(-c2nonc2N)c1C. The third kappa shape index (κ3) is 2.81. The van der Waals surface area contributed by atoms with Crippen LogP contribution in [0, 0.1) is 13.8 Å². The van der Waals surface area contributed by atoms with Crippen molar-refractivity contribution in [3.63, 3.8) is 0 Å². The van der Waals surface area contributed by atoms with Crippen LogP contribution in [-0.4, -0.2) is 37.4 Å². The van der Waals surface area contributed by atoms with E-state index in [1.807, 2.05) is 18.4 Å². The van der Waals surface area contributed by atoms with Gasteiger partial charge in [-0.3, -0.25) is 4.79 Å². The van der Waals surface area contributed by atoms with Gasteiger partial charge in [0, 0.05) is 4.88 Å². The summed E-state index contributed by atoms with van der Waals surface area (Å²) in [5, 5.41) is 20.6. The van der Waals surface area contributed by atoms with Crippen molar-refractivity contribution in [2.45, 2.75) is 13.8 Å². The maximum Gasteiger partial charge on any atom is 0.293 e. The number of nitrogens with zero attached hydrogens (tertiary/aromatic N) is 6. The van der Waals surface area contributed by atoms with Crippen molar-refractivity contribution in [2.24, 2.45) is 5.10 Å². The lowest BCUT2D eigenvalue weighted by atomic mass is 10.3. The van der Waals surface area contributed by atoms with Gasteiger partial charge in [0.05, 0.1) is 11.9 Å². The van der Waals surface area contributed by atoms with E-state index in [0.29, 0.717) is 5.69 Å². The number of rotatable bonds is 4. The molecule has 3 aromatic rings. The maximum atomic E-state index is 12.1. The number of nitrogens with two attached hydrogens (primary N) is 1. The lowest BCUT2D eigenvalue weighted by Gasteiger charge is -1.99. The molecule has 0 aliphatic heterocycles. The van der Waals surface area contributed by atoms with Gasteiger partial charge in [-0.25, -0.2) is 10.1 Å². The molecule has 10 nitrogen and oxygen atoms in total. The van der Waals surface area contributed by atoms with Crippen LogP contribution in [0.5, 0.6) is 0 Å². The minimum absolute atomic E-state index is 0.0520. The fraction of sp³-hybridized carbons (Fsp3) is 0.167. The lowest BCUT2D eigenvalue weighted by molar-refractivity contribution is 0.0949. The number of nitrogen functional groups attached to an aromatic ring is 1. The lowest BCUT2D eigenvalue weighted by Crippen LogP contribution is -2.19. The number of hydrazone groups is 1. The molecule has 0 bridgehead atoms. The highest BCUT2D eigenvalue weighted by Gasteiger charge is 2.20. The van der Waals surface area contributed by atoms with Crippen molar-refractivity contribution in [3.05, 3.63) is 33.3 Å². The summed E-state index contributed by atoms with van der Waals surface area (Å²) in [6.45, 7) is 3.61. The van der Waals surface area contributed by atoms with Crippen molar-refractivity contribution in [3.8, 4) is 5.82 Å². The Labute approximate surface area is 133 Å². The number of hydrogen-bond donors (Lipinski definition) is 2. The molecule has 0 unspecified atom stereocenters. The highest BCUT2D eigenvalue weighted by Crippen LogP contribution is 2.15. The van der Waals surface area contributed by atoms with Crippen LogP contribution in [0.2, 0.25) is 0 Å². The summed E-state index contributed by atoms with van der Waals surface area (Å²) in [4.78, 5) is 13.1. The first-order valence-corrected chi connectivity index (χ1v) is 7.34. The smallest absolute Gasteiger partial charge is 0.293 e. The third-order valence-electron chi connectivity index (χ3n) is 3.06. The van der Waals surface area contributed by atoms with E-state index in [4.69, 9.17) is 5.73 Å². The van der Waals surface area contributed by atoms with Crippen LogP contribution in [0.15, 0.2) is 21.2 Å². The molecule has 3 aromatic heterocycles. The Morgan fingerprint density at radius 2 is 2.30 bits per heavy atom. The van der Waals surface area contributed by atoms with Crippen LogP contribution in [0.3, 0.4) is 0 Å². The van der Waals surface area contributed by atoms with Crippen LogP contribution < -0.4 is 11.2 Å². The summed E-state index contributed by atoms with van der Waals surface area (Å²) in [5.74, 6) is -0.267. The van der Waals surface area contributed by atoms with E-state index in [1.54, 1.807) is 13.1 Å². The Morgan fingerprint density at radius 3 is 2.96 bits per heavy atom. The molecule has 23 heavy (non-hydrogen) atoms. The standard InChI is InChI=1S/C12H12N8O2S/c1-6-3-4-23-8(6)5-14-16-12(21)9-7(2)20(19-15-9)11-10(13)17-22-18-11/h3-5H,1-2H3,(H2,13,17)(H,16,21). The Hall–Kier alpha value is -3.08. The fourth-order valence-electron chi connectivity index (χ4n) is 1.80. The van der Waals surface area contributed by atoms with Gasteiger partial charge in [-0.05, 0) is 41.2 Å². The molecular weight excluding hydrogens is 320 g/mol. The molecule has 0 radical (unpaired) electrons. The first kappa shape index (κ1) is 14.8. The average Bonchev–Trinajstić information content (AvgIpc) is 3.21. The number of thiophene rings is 1. The topological polar surface area (TPSA) is 137 Å². The third-order valence-corrected chi connectivity index (χ3v) is 4.01. The molecule has 3 heterocycles. The van der Waals surface area contributed by atoms with Gasteiger partial charge in [0.2, 0.25) is 11.6 Å². The van der Waals surface area contributed by atoms with Gasteiger partial charge in [0.1, 0.15) is 0 Å². The molecular formula is C12H12N8O2S. The van der Waals surface area contributed by atoms with Crippen molar-refractivity contribution in [2.75, 3.05) is 5.73 Å². The number of hydrogen-bond acceptors (Lipinski definition) is 9. The van der Waals surface area contributed by atoms with Crippen LogP contribution in [0.1, 0.15) is 26.6 Å². The first-order valence-electron chi connectivity index (χ1n) is 6.46. The first-order chi connectivity index (χ1) is 11.1. The molecule has 11 heteroatoms. The van der Waals surface area contributed by atoms with Crippen molar-refractivity contribution in [1.29, 1.82) is 0 Å². The number of carbonyl (C=O) groups excluding carboxylic acids is 1. The number of aromatic nitrogens is 5. The Kier molecular flexibility index (Phi) is 3.85. The summed E-state index contributed by atoms with van der Waals surface area (Å²) in [6.07, 6.45) is 1.58. The summed E-state index contributed by atoms with van der Waals surface area (Å²) < 4.78 is 5.78. The van der Waals surface area contributed by atoms with Crippen LogP contribution in [-0.2, 0) is 0 Å². The fourth-order valence-corrected chi connectivity index (χ4v) is 2.58. The second kappa shape index (κ2) is 5.96. The van der Waals surface area contributed by atoms with Gasteiger partial charge < -0.3 is 5.73 Å². The van der Waals surface area contributed by atoms with Gasteiger partial charge in [-0.1, -0.05) is 5.21 Å². The zero-order valence-electron chi connectivity index (χ0n) is 12.2. The number of anilines is 1. The largest absolute Gasteiger partial charge is 0.378 e. The number of nitrogens with one attached hydrogen (secondary N) is 1. The highest BCUT2D eigenvalue weighted by molar-refractivity contribution is 7.11. The van der Waals surface area contributed by atoms with Gasteiger partial charge in [-0.15, -0.1) is 16.4 Å². The summed E-state index contributed by atoms with van der Waals surface area (Å²) in [7, 11) is 0.